The summed E-state index contributed by atoms with van der Waals surface area (Å²) in [5.41, 5.74) is 2.68. The molecule has 0 bridgehead atoms. The Labute approximate surface area is 130 Å². The van der Waals surface area contributed by atoms with Crippen molar-refractivity contribution in [3.05, 3.63) is 65.0 Å². The number of hydrogen-bond donors (Lipinski definition) is 1. The summed E-state index contributed by atoms with van der Waals surface area (Å²) in [5, 5.41) is 0. The molecule has 3 rings (SSSR count). The molecule has 1 aliphatic rings. The van der Waals surface area contributed by atoms with Crippen LogP contribution in [0.1, 0.15) is 29.5 Å². The molecule has 0 saturated carbocycles. The smallest absolute Gasteiger partial charge is 0.207 e. The molecule has 5 heteroatoms. The lowest BCUT2D eigenvalue weighted by Crippen LogP contribution is -2.24. The molecule has 1 aliphatic carbocycles. The van der Waals surface area contributed by atoms with Gasteiger partial charge in [0.1, 0.15) is 5.82 Å². The van der Waals surface area contributed by atoms with E-state index in [-0.39, 0.29) is 11.4 Å². The van der Waals surface area contributed by atoms with Crippen molar-refractivity contribution in [3.8, 4) is 0 Å². The number of rotatable bonds is 4. The van der Waals surface area contributed by atoms with Crippen LogP contribution in [0.4, 0.5) is 4.39 Å². The Morgan fingerprint density at radius 2 is 1.73 bits per heavy atom. The van der Waals surface area contributed by atoms with Crippen molar-refractivity contribution in [2.45, 2.75) is 37.1 Å². The molecule has 2 aromatic carbocycles. The van der Waals surface area contributed by atoms with Crippen LogP contribution in [0.5, 0.6) is 0 Å². The van der Waals surface area contributed by atoms with Crippen LogP contribution in [0.2, 0.25) is 0 Å². The molecule has 0 saturated heterocycles. The van der Waals surface area contributed by atoms with Crippen LogP contribution in [0.3, 0.4) is 0 Å². The second kappa shape index (κ2) is 6.18. The first kappa shape index (κ1) is 15.2. The molecule has 0 heterocycles. The third kappa shape index (κ3) is 3.20. The molecule has 0 amide bonds. The first-order valence-electron chi connectivity index (χ1n) is 7.41. The van der Waals surface area contributed by atoms with Crippen LogP contribution in [-0.4, -0.2) is 8.42 Å². The van der Waals surface area contributed by atoms with E-state index in [1.165, 1.54) is 11.6 Å². The zero-order valence-corrected chi connectivity index (χ0v) is 13.0. The van der Waals surface area contributed by atoms with E-state index in [0.717, 1.165) is 31.2 Å². The van der Waals surface area contributed by atoms with Gasteiger partial charge in [0.2, 0.25) is 10.0 Å². The second-order valence-corrected chi connectivity index (χ2v) is 7.32. The summed E-state index contributed by atoms with van der Waals surface area (Å²) in [6.45, 7) is -0.0495. The minimum Gasteiger partial charge on any atom is -0.207 e. The van der Waals surface area contributed by atoms with Gasteiger partial charge in [0, 0.05) is 12.1 Å². The molecule has 0 unspecified atom stereocenters. The van der Waals surface area contributed by atoms with E-state index in [0.29, 0.717) is 5.56 Å². The van der Waals surface area contributed by atoms with E-state index >= 15 is 0 Å². The summed E-state index contributed by atoms with van der Waals surface area (Å²) in [4.78, 5) is 0.254. The van der Waals surface area contributed by atoms with Gasteiger partial charge in [-0.2, -0.15) is 0 Å². The molecule has 1 N–H and O–H groups in total. The van der Waals surface area contributed by atoms with Crippen molar-refractivity contribution in [2.24, 2.45) is 0 Å². The van der Waals surface area contributed by atoms with Crippen molar-refractivity contribution in [3.63, 3.8) is 0 Å². The molecular weight excluding hydrogens is 301 g/mol. The van der Waals surface area contributed by atoms with Gasteiger partial charge in [0.05, 0.1) is 4.90 Å². The van der Waals surface area contributed by atoms with E-state index in [4.69, 9.17) is 0 Å². The lowest BCUT2D eigenvalue weighted by atomic mass is 9.92. The summed E-state index contributed by atoms with van der Waals surface area (Å²) < 4.78 is 40.8. The summed E-state index contributed by atoms with van der Waals surface area (Å²) in [5.74, 6) is -0.407. The van der Waals surface area contributed by atoms with Crippen LogP contribution in [-0.2, 0) is 29.4 Å². The zero-order chi connectivity index (χ0) is 15.6. The number of halogens is 1. The first-order chi connectivity index (χ1) is 10.6. The number of benzene rings is 2. The average Bonchev–Trinajstić information content (AvgIpc) is 2.54. The van der Waals surface area contributed by atoms with Gasteiger partial charge in [0.15, 0.2) is 0 Å². The predicted molar refractivity (Wildman–Crippen MR) is 83.5 cm³/mol. The molecule has 22 heavy (non-hydrogen) atoms. The van der Waals surface area contributed by atoms with Gasteiger partial charge >= 0.3 is 0 Å². The molecule has 0 radical (unpaired) electrons. The van der Waals surface area contributed by atoms with Crippen LogP contribution < -0.4 is 4.72 Å². The highest BCUT2D eigenvalue weighted by atomic mass is 32.2. The average molecular weight is 319 g/mol. The molecule has 0 atom stereocenters. The van der Waals surface area contributed by atoms with Crippen molar-refractivity contribution < 1.29 is 12.8 Å². The van der Waals surface area contributed by atoms with Crippen LogP contribution in [0.15, 0.2) is 47.4 Å². The Morgan fingerprint density at radius 1 is 1.00 bits per heavy atom. The van der Waals surface area contributed by atoms with Gasteiger partial charge < -0.3 is 0 Å². The zero-order valence-electron chi connectivity index (χ0n) is 12.2. The molecule has 0 aliphatic heterocycles. The normalized spacial score (nSPS) is 14.6. The minimum atomic E-state index is -3.63. The maximum Gasteiger partial charge on any atom is 0.240 e. The SMILES string of the molecule is O=S(=O)(NCc1ccccc1F)c1ccc2c(c1)CCCC2. The molecule has 2 aromatic rings. The minimum absolute atomic E-state index is 0.0495. The number of nitrogens with one attached hydrogen (secondary N) is 1. The third-order valence-electron chi connectivity index (χ3n) is 4.04. The highest BCUT2D eigenvalue weighted by molar-refractivity contribution is 7.89. The summed E-state index contributed by atoms with van der Waals surface area (Å²) in [6, 6.07) is 11.4. The Hall–Kier alpha value is -1.72. The summed E-state index contributed by atoms with van der Waals surface area (Å²) >= 11 is 0. The van der Waals surface area contributed by atoms with E-state index in [1.54, 1.807) is 30.3 Å². The fourth-order valence-electron chi connectivity index (χ4n) is 2.77. The number of hydrogen-bond acceptors (Lipinski definition) is 2. The highest BCUT2D eigenvalue weighted by Crippen LogP contribution is 2.24. The molecule has 116 valence electrons. The number of fused-ring (bicyclic) bond motifs is 1. The maximum absolute atomic E-state index is 13.6. The Kier molecular flexibility index (Phi) is 4.27. The number of sulfonamides is 1. The van der Waals surface area contributed by atoms with Crippen molar-refractivity contribution >= 4 is 10.0 Å². The van der Waals surface area contributed by atoms with E-state index in [1.807, 2.05) is 6.07 Å². The Morgan fingerprint density at radius 3 is 2.50 bits per heavy atom. The van der Waals surface area contributed by atoms with Crippen LogP contribution in [0.25, 0.3) is 0 Å². The van der Waals surface area contributed by atoms with Crippen molar-refractivity contribution in [1.82, 2.24) is 4.72 Å². The summed E-state index contributed by atoms with van der Waals surface area (Å²) in [7, 11) is -3.63. The van der Waals surface area contributed by atoms with Crippen LogP contribution in [0, 0.1) is 5.82 Å². The second-order valence-electron chi connectivity index (χ2n) is 5.55. The van der Waals surface area contributed by atoms with Gasteiger partial charge in [-0.05, 0) is 55.0 Å². The lowest BCUT2D eigenvalue weighted by Gasteiger charge is -2.16. The van der Waals surface area contributed by atoms with Gasteiger partial charge in [-0.3, -0.25) is 0 Å². The van der Waals surface area contributed by atoms with E-state index < -0.39 is 15.8 Å². The monoisotopic (exact) mass is 319 g/mol. The highest BCUT2D eigenvalue weighted by Gasteiger charge is 2.18. The van der Waals surface area contributed by atoms with E-state index in [2.05, 4.69) is 4.72 Å². The molecular formula is C17H18FNO2S. The van der Waals surface area contributed by atoms with Crippen molar-refractivity contribution in [2.75, 3.05) is 0 Å². The molecule has 0 spiro atoms. The Bertz CT molecular complexity index is 787. The fraction of sp³-hybridized carbons (Fsp3) is 0.294. The first-order valence-corrected chi connectivity index (χ1v) is 8.89. The van der Waals surface area contributed by atoms with Gasteiger partial charge in [-0.15, -0.1) is 0 Å². The Balaban J connectivity index is 1.80. The third-order valence-corrected chi connectivity index (χ3v) is 5.44. The molecule has 0 fully saturated rings. The largest absolute Gasteiger partial charge is 0.240 e. The summed E-state index contributed by atoms with van der Waals surface area (Å²) in [6.07, 6.45) is 4.19. The lowest BCUT2D eigenvalue weighted by molar-refractivity contribution is 0.574. The fourth-order valence-corrected chi connectivity index (χ4v) is 3.83. The van der Waals surface area contributed by atoms with Crippen molar-refractivity contribution in [1.29, 1.82) is 0 Å². The van der Waals surface area contributed by atoms with Gasteiger partial charge in [0.25, 0.3) is 0 Å². The maximum atomic E-state index is 13.6. The topological polar surface area (TPSA) is 46.2 Å². The van der Waals surface area contributed by atoms with E-state index in [9.17, 15) is 12.8 Å². The molecule has 0 aromatic heterocycles. The predicted octanol–water partition coefficient (Wildman–Crippen LogP) is 3.18. The van der Waals surface area contributed by atoms with Gasteiger partial charge in [-0.25, -0.2) is 17.5 Å². The van der Waals surface area contributed by atoms with Crippen LogP contribution >= 0.6 is 0 Å². The van der Waals surface area contributed by atoms with Gasteiger partial charge in [-0.1, -0.05) is 24.3 Å². The quantitative estimate of drug-likeness (QED) is 0.941. The standard InChI is InChI=1S/C17H18FNO2S/c18-17-8-4-3-7-15(17)12-19-22(20,21)16-10-9-13-5-1-2-6-14(13)11-16/h3-4,7-11,19H,1-2,5-6,12H2. The molecule has 3 nitrogen and oxygen atoms in total. The number of aryl methyl sites for hydroxylation is 2.